The summed E-state index contributed by atoms with van der Waals surface area (Å²) in [7, 11) is 0. The quantitative estimate of drug-likeness (QED) is 0.285. The maximum Gasteiger partial charge on any atom is 0.0934 e. The molecule has 0 unspecified atom stereocenters. The molecule has 4 aromatic rings. The average molecular weight is 483 g/mol. The Morgan fingerprint density at radius 2 is 1.24 bits per heavy atom. The van der Waals surface area contributed by atoms with Crippen molar-refractivity contribution in [3.05, 3.63) is 91.3 Å². The smallest absolute Gasteiger partial charge is 0.0934 e. The Hall–Kier alpha value is -1.68. The molecule has 3 aromatic carbocycles. The van der Waals surface area contributed by atoms with Crippen LogP contribution in [0.3, 0.4) is 0 Å². The molecule has 0 amide bonds. The topological polar surface area (TPSA) is 17.8 Å². The van der Waals surface area contributed by atoms with E-state index < -0.39 is 0 Å². The van der Waals surface area contributed by atoms with Crippen molar-refractivity contribution in [2.45, 2.75) is 6.92 Å². The van der Waals surface area contributed by atoms with Gasteiger partial charge < -0.3 is 0 Å². The van der Waals surface area contributed by atoms with E-state index in [9.17, 15) is 0 Å². The number of hydrogen-bond acceptors (Lipinski definition) is 1. The predicted octanol–water partition coefficient (Wildman–Crippen LogP) is 8.78. The lowest BCUT2D eigenvalue weighted by molar-refractivity contribution is 0.891. The van der Waals surface area contributed by atoms with Crippen LogP contribution in [-0.2, 0) is 0 Å². The Bertz CT molecular complexity index is 1160. The lowest BCUT2D eigenvalue weighted by Crippen LogP contribution is -1.99. The normalized spacial score (nSPS) is 11.1. The minimum Gasteiger partial charge on any atom is -0.232 e. The first-order valence-corrected chi connectivity index (χ1v) is 10.5. The molecule has 0 aliphatic heterocycles. The minimum absolute atomic E-state index is 0.466. The van der Waals surface area contributed by atoms with Crippen molar-refractivity contribution in [3.63, 3.8) is 0 Å². The van der Waals surface area contributed by atoms with Crippen molar-refractivity contribution in [1.82, 2.24) is 9.78 Å². The lowest BCUT2D eigenvalue weighted by Gasteiger charge is -2.10. The van der Waals surface area contributed by atoms with Crippen LogP contribution in [0, 0.1) is 6.92 Å². The molecular weight excluding hydrogens is 470 g/mol. The van der Waals surface area contributed by atoms with Crippen molar-refractivity contribution < 1.29 is 0 Å². The number of hydrogen-bond donors (Lipinski definition) is 0. The van der Waals surface area contributed by atoms with Crippen molar-refractivity contribution in [1.29, 1.82) is 0 Å². The first-order valence-electron chi connectivity index (χ1n) is 8.61. The van der Waals surface area contributed by atoms with Gasteiger partial charge in [-0.25, -0.2) is 4.68 Å². The van der Waals surface area contributed by atoms with E-state index in [1.54, 1.807) is 18.2 Å². The van der Waals surface area contributed by atoms with Gasteiger partial charge in [-0.05, 0) is 55.0 Å². The number of benzene rings is 3. The van der Waals surface area contributed by atoms with Crippen LogP contribution in [-0.4, -0.2) is 9.78 Å². The molecule has 0 saturated carbocycles. The molecule has 0 N–H and O–H groups in total. The van der Waals surface area contributed by atoms with Gasteiger partial charge >= 0.3 is 0 Å². The summed E-state index contributed by atoms with van der Waals surface area (Å²) in [5.41, 5.74) is 5.11. The molecule has 0 radical (unpaired) electrons. The number of nitrogens with zero attached hydrogens (tertiary/aromatic N) is 2. The Morgan fingerprint density at radius 1 is 0.621 bits per heavy atom. The van der Waals surface area contributed by atoms with E-state index in [1.165, 1.54) is 0 Å². The molecule has 7 heteroatoms. The van der Waals surface area contributed by atoms with Crippen LogP contribution < -0.4 is 0 Å². The van der Waals surface area contributed by atoms with Gasteiger partial charge in [-0.1, -0.05) is 76.2 Å². The number of aromatic nitrogens is 2. The minimum atomic E-state index is 0.466. The van der Waals surface area contributed by atoms with Gasteiger partial charge in [-0.2, -0.15) is 5.10 Å². The molecule has 2 nitrogen and oxygen atoms in total. The zero-order valence-corrected chi connectivity index (χ0v) is 18.8. The summed E-state index contributed by atoms with van der Waals surface area (Å²) in [5.74, 6) is 0. The van der Waals surface area contributed by atoms with E-state index in [2.05, 4.69) is 0 Å². The Morgan fingerprint density at radius 3 is 1.86 bits per heavy atom. The van der Waals surface area contributed by atoms with Crippen LogP contribution in [0.2, 0.25) is 25.1 Å². The van der Waals surface area contributed by atoms with Gasteiger partial charge in [-0.3, -0.25) is 0 Å². The zero-order chi connectivity index (χ0) is 20.7. The SMILES string of the molecule is Cc1ccc(-n2nc(-c3ccc(Cl)c(Cl)c3)cc2-c2ccc(Cl)c(Cl)c2)cc1Cl. The fourth-order valence-corrected chi connectivity index (χ4v) is 3.72. The van der Waals surface area contributed by atoms with Crippen molar-refractivity contribution in [3.8, 4) is 28.2 Å². The molecule has 0 atom stereocenters. The van der Waals surface area contributed by atoms with Crippen molar-refractivity contribution in [2.24, 2.45) is 0 Å². The van der Waals surface area contributed by atoms with Gasteiger partial charge in [-0.15, -0.1) is 0 Å². The molecule has 0 aliphatic carbocycles. The largest absolute Gasteiger partial charge is 0.232 e. The van der Waals surface area contributed by atoms with E-state index in [1.807, 2.05) is 54.1 Å². The Labute approximate surface area is 193 Å². The van der Waals surface area contributed by atoms with Gasteiger partial charge in [0.05, 0.1) is 37.2 Å². The van der Waals surface area contributed by atoms with Gasteiger partial charge in [0.25, 0.3) is 0 Å². The highest BCUT2D eigenvalue weighted by Gasteiger charge is 2.15. The molecule has 146 valence electrons. The standard InChI is InChI=1S/C22H13Cl5N2/c1-12-2-5-15(10-18(12)25)29-22(14-4-7-17(24)20(27)9-14)11-21(28-29)13-3-6-16(23)19(26)8-13/h2-11H,1H3. The fourth-order valence-electron chi connectivity index (χ4n) is 2.95. The summed E-state index contributed by atoms with van der Waals surface area (Å²) in [4.78, 5) is 0. The number of halogens is 5. The van der Waals surface area contributed by atoms with Gasteiger partial charge in [0.2, 0.25) is 0 Å². The molecule has 0 spiro atoms. The second-order valence-electron chi connectivity index (χ2n) is 6.52. The molecule has 0 saturated heterocycles. The fraction of sp³-hybridized carbons (Fsp3) is 0.0455. The summed E-state index contributed by atoms with van der Waals surface area (Å²) in [6, 6.07) is 18.7. The highest BCUT2D eigenvalue weighted by atomic mass is 35.5. The van der Waals surface area contributed by atoms with E-state index in [4.69, 9.17) is 63.1 Å². The van der Waals surface area contributed by atoms with E-state index in [0.717, 1.165) is 33.8 Å². The monoisotopic (exact) mass is 480 g/mol. The van der Waals surface area contributed by atoms with Crippen LogP contribution in [0.15, 0.2) is 60.7 Å². The highest BCUT2D eigenvalue weighted by molar-refractivity contribution is 6.42. The summed E-state index contributed by atoms with van der Waals surface area (Å²) >= 11 is 31.0. The van der Waals surface area contributed by atoms with Crippen LogP contribution >= 0.6 is 58.0 Å². The van der Waals surface area contributed by atoms with Gasteiger partial charge in [0, 0.05) is 16.1 Å². The van der Waals surface area contributed by atoms with Crippen molar-refractivity contribution in [2.75, 3.05) is 0 Å². The highest BCUT2D eigenvalue weighted by Crippen LogP contribution is 2.35. The van der Waals surface area contributed by atoms with Crippen LogP contribution in [0.4, 0.5) is 0 Å². The summed E-state index contributed by atoms with van der Waals surface area (Å²) in [6.45, 7) is 1.95. The van der Waals surface area contributed by atoms with Crippen LogP contribution in [0.5, 0.6) is 0 Å². The summed E-state index contributed by atoms with van der Waals surface area (Å²) in [5, 5.41) is 7.38. The molecule has 29 heavy (non-hydrogen) atoms. The summed E-state index contributed by atoms with van der Waals surface area (Å²) in [6.07, 6.45) is 0. The predicted molar refractivity (Wildman–Crippen MR) is 124 cm³/mol. The third-order valence-electron chi connectivity index (χ3n) is 4.54. The third kappa shape index (κ3) is 4.14. The van der Waals surface area contributed by atoms with E-state index >= 15 is 0 Å². The molecule has 1 heterocycles. The summed E-state index contributed by atoms with van der Waals surface area (Å²) < 4.78 is 1.82. The number of aryl methyl sites for hydroxylation is 1. The molecular formula is C22H13Cl5N2. The van der Waals surface area contributed by atoms with E-state index in [0.29, 0.717) is 25.1 Å². The Balaban J connectivity index is 1.93. The second kappa shape index (κ2) is 8.22. The number of rotatable bonds is 3. The first kappa shape index (κ1) is 20.6. The van der Waals surface area contributed by atoms with Crippen molar-refractivity contribution >= 4 is 58.0 Å². The first-order chi connectivity index (χ1) is 13.8. The lowest BCUT2D eigenvalue weighted by atomic mass is 10.1. The Kier molecular flexibility index (Phi) is 5.83. The van der Waals surface area contributed by atoms with Crippen LogP contribution in [0.25, 0.3) is 28.2 Å². The van der Waals surface area contributed by atoms with Gasteiger partial charge in [0.1, 0.15) is 0 Å². The van der Waals surface area contributed by atoms with Gasteiger partial charge in [0.15, 0.2) is 0 Å². The molecule has 0 aliphatic rings. The zero-order valence-electron chi connectivity index (χ0n) is 15.1. The average Bonchev–Trinajstić information content (AvgIpc) is 3.14. The van der Waals surface area contributed by atoms with E-state index in [-0.39, 0.29) is 0 Å². The molecule has 0 fully saturated rings. The van der Waals surface area contributed by atoms with Crippen LogP contribution in [0.1, 0.15) is 5.56 Å². The molecule has 1 aromatic heterocycles. The maximum absolute atomic E-state index is 6.36. The third-order valence-corrected chi connectivity index (χ3v) is 6.43. The maximum atomic E-state index is 6.36. The second-order valence-corrected chi connectivity index (χ2v) is 8.55. The molecule has 0 bridgehead atoms. The molecule has 4 rings (SSSR count).